The Balaban J connectivity index is 0.000000371. The summed E-state index contributed by atoms with van der Waals surface area (Å²) in [6.45, 7) is 10.8. The first-order valence-electron chi connectivity index (χ1n) is 16.3. The molecule has 1 spiro atoms. The van der Waals surface area contributed by atoms with Gasteiger partial charge in [0.1, 0.15) is 0 Å². The molecule has 2 heteroatoms. The summed E-state index contributed by atoms with van der Waals surface area (Å²) in [6, 6.07) is 50.0. The molecule has 2 aliphatic rings. The number of nitrogens with two attached hydrogens (primary N) is 2. The van der Waals surface area contributed by atoms with E-state index >= 15 is 0 Å². The summed E-state index contributed by atoms with van der Waals surface area (Å²) in [7, 11) is 0. The molecule has 48 heavy (non-hydrogen) atoms. The predicted molar refractivity (Wildman–Crippen MR) is 206 cm³/mol. The summed E-state index contributed by atoms with van der Waals surface area (Å²) in [5, 5.41) is 2.56. The van der Waals surface area contributed by atoms with Crippen LogP contribution in [0.1, 0.15) is 38.9 Å². The van der Waals surface area contributed by atoms with Crippen molar-refractivity contribution < 1.29 is 0 Å². The maximum atomic E-state index is 5.39. The Morgan fingerprint density at radius 2 is 1.08 bits per heavy atom. The van der Waals surface area contributed by atoms with Crippen LogP contribution in [-0.2, 0) is 5.41 Å². The van der Waals surface area contributed by atoms with Crippen LogP contribution in [0, 0.1) is 6.92 Å². The highest BCUT2D eigenvalue weighted by Gasteiger charge is 2.53. The van der Waals surface area contributed by atoms with E-state index in [-0.39, 0.29) is 0 Å². The summed E-state index contributed by atoms with van der Waals surface area (Å²) in [6.07, 6.45) is 4.05. The van der Waals surface area contributed by atoms with Crippen LogP contribution in [0.5, 0.6) is 0 Å². The Morgan fingerprint density at radius 3 is 1.69 bits per heavy atom. The summed E-state index contributed by atoms with van der Waals surface area (Å²) >= 11 is 0. The van der Waals surface area contributed by atoms with E-state index in [2.05, 4.69) is 135 Å². The molecule has 0 unspecified atom stereocenters. The highest BCUT2D eigenvalue weighted by molar-refractivity contribution is 6.07. The molecule has 0 aliphatic heterocycles. The molecule has 2 aliphatic carbocycles. The molecule has 7 aromatic carbocycles. The summed E-state index contributed by atoms with van der Waals surface area (Å²) in [5.74, 6) is 0. The molecule has 0 heterocycles. The summed E-state index contributed by atoms with van der Waals surface area (Å²) in [4.78, 5) is 0. The van der Waals surface area contributed by atoms with Crippen LogP contribution in [0.2, 0.25) is 0 Å². The maximum Gasteiger partial charge on any atom is 0.0731 e. The van der Waals surface area contributed by atoms with Crippen molar-refractivity contribution in [3.8, 4) is 33.4 Å². The lowest BCUT2D eigenvalue weighted by atomic mass is 9.68. The number of para-hydroxylation sites is 2. The maximum absolute atomic E-state index is 5.39. The molecule has 7 aromatic rings. The average Bonchev–Trinajstić information content (AvgIpc) is 3.60. The van der Waals surface area contributed by atoms with Crippen molar-refractivity contribution >= 4 is 34.3 Å². The van der Waals surface area contributed by atoms with Crippen molar-refractivity contribution in [1.82, 2.24) is 0 Å². The Morgan fingerprint density at radius 1 is 0.521 bits per heavy atom. The van der Waals surface area contributed by atoms with Crippen LogP contribution in [-0.4, -0.2) is 0 Å². The van der Waals surface area contributed by atoms with E-state index in [0.29, 0.717) is 11.4 Å². The SMILES string of the molecule is C=Cc1c(-c2ccc(C)cc2)cc2c(c1C=C)-c1ccc3ccccc3c1C21c2ccccc2-c2ccccc21.Nc1ccccc1N. The number of nitrogen functional groups attached to an aromatic ring is 2. The second-order valence-electron chi connectivity index (χ2n) is 12.6. The minimum absolute atomic E-state index is 0.435. The number of fused-ring (bicyclic) bond motifs is 12. The molecule has 0 saturated heterocycles. The van der Waals surface area contributed by atoms with Crippen LogP contribution in [0.4, 0.5) is 11.4 Å². The van der Waals surface area contributed by atoms with E-state index in [1.807, 2.05) is 24.3 Å². The molecule has 0 bridgehead atoms. The van der Waals surface area contributed by atoms with Gasteiger partial charge < -0.3 is 11.5 Å². The zero-order valence-corrected chi connectivity index (χ0v) is 27.0. The van der Waals surface area contributed by atoms with Gasteiger partial charge in [-0.05, 0) is 103 Å². The van der Waals surface area contributed by atoms with Crippen molar-refractivity contribution in [2.45, 2.75) is 12.3 Å². The molecule has 0 amide bonds. The van der Waals surface area contributed by atoms with Gasteiger partial charge in [0.05, 0.1) is 16.8 Å². The van der Waals surface area contributed by atoms with Crippen molar-refractivity contribution in [2.24, 2.45) is 0 Å². The zero-order valence-electron chi connectivity index (χ0n) is 27.0. The van der Waals surface area contributed by atoms with Gasteiger partial charge in [-0.1, -0.05) is 152 Å². The van der Waals surface area contributed by atoms with Crippen LogP contribution >= 0.6 is 0 Å². The topological polar surface area (TPSA) is 52.0 Å². The van der Waals surface area contributed by atoms with Crippen molar-refractivity contribution in [3.05, 3.63) is 192 Å². The number of hydrogen-bond donors (Lipinski definition) is 2. The van der Waals surface area contributed by atoms with Gasteiger partial charge in [0.2, 0.25) is 0 Å². The average molecular weight is 617 g/mol. The monoisotopic (exact) mass is 616 g/mol. The number of anilines is 2. The lowest BCUT2D eigenvalue weighted by Gasteiger charge is -2.32. The van der Waals surface area contributed by atoms with Crippen LogP contribution in [0.3, 0.4) is 0 Å². The van der Waals surface area contributed by atoms with Crippen molar-refractivity contribution in [1.29, 1.82) is 0 Å². The molecule has 0 aromatic heterocycles. The molecule has 9 rings (SSSR count). The van der Waals surface area contributed by atoms with E-state index in [0.717, 1.165) is 11.1 Å². The van der Waals surface area contributed by atoms with Gasteiger partial charge in [-0.25, -0.2) is 0 Å². The number of aryl methyl sites for hydroxylation is 1. The minimum atomic E-state index is -0.435. The van der Waals surface area contributed by atoms with Gasteiger partial charge >= 0.3 is 0 Å². The second kappa shape index (κ2) is 11.3. The number of rotatable bonds is 3. The molecule has 0 fully saturated rings. The van der Waals surface area contributed by atoms with Crippen LogP contribution < -0.4 is 11.5 Å². The summed E-state index contributed by atoms with van der Waals surface area (Å²) in [5.41, 5.74) is 28.2. The second-order valence-corrected chi connectivity index (χ2v) is 12.6. The quantitative estimate of drug-likeness (QED) is 0.194. The van der Waals surface area contributed by atoms with Gasteiger partial charge in [-0.3, -0.25) is 0 Å². The molecule has 0 saturated carbocycles. The van der Waals surface area contributed by atoms with Crippen molar-refractivity contribution in [2.75, 3.05) is 11.5 Å². The zero-order chi connectivity index (χ0) is 33.0. The fourth-order valence-electron chi connectivity index (χ4n) is 8.03. The molecule has 230 valence electrons. The van der Waals surface area contributed by atoms with Gasteiger partial charge in [-0.2, -0.15) is 0 Å². The fraction of sp³-hybridized carbons (Fsp3) is 0.0435. The highest BCUT2D eigenvalue weighted by Crippen LogP contribution is 2.65. The largest absolute Gasteiger partial charge is 0.397 e. The molecule has 0 atom stereocenters. The van der Waals surface area contributed by atoms with E-state index in [9.17, 15) is 0 Å². The smallest absolute Gasteiger partial charge is 0.0731 e. The highest BCUT2D eigenvalue weighted by atomic mass is 14.7. The number of benzene rings is 7. The lowest BCUT2D eigenvalue weighted by Crippen LogP contribution is -2.26. The molecular formula is C46H36N2. The van der Waals surface area contributed by atoms with Gasteiger partial charge in [-0.15, -0.1) is 0 Å². The Hall–Kier alpha value is -6.12. The van der Waals surface area contributed by atoms with Gasteiger partial charge in [0, 0.05) is 0 Å². The fourth-order valence-corrected chi connectivity index (χ4v) is 8.03. The summed E-state index contributed by atoms with van der Waals surface area (Å²) < 4.78 is 0. The first-order valence-corrected chi connectivity index (χ1v) is 16.3. The Bertz CT molecular complexity index is 2350. The van der Waals surface area contributed by atoms with Crippen LogP contribution in [0.25, 0.3) is 56.3 Å². The normalized spacial score (nSPS) is 12.8. The third-order valence-corrected chi connectivity index (χ3v) is 10.1. The van der Waals surface area contributed by atoms with Crippen molar-refractivity contribution in [3.63, 3.8) is 0 Å². The lowest BCUT2D eigenvalue weighted by molar-refractivity contribution is 0.801. The first-order chi connectivity index (χ1) is 23.5. The van der Waals surface area contributed by atoms with E-state index in [1.165, 1.54) is 72.0 Å². The third kappa shape index (κ3) is 4.13. The van der Waals surface area contributed by atoms with E-state index in [4.69, 9.17) is 11.5 Å². The van der Waals surface area contributed by atoms with E-state index in [1.54, 1.807) is 12.1 Å². The van der Waals surface area contributed by atoms with Gasteiger partial charge in [0.25, 0.3) is 0 Å². The van der Waals surface area contributed by atoms with E-state index < -0.39 is 5.41 Å². The van der Waals surface area contributed by atoms with Crippen LogP contribution in [0.15, 0.2) is 153 Å². The molecular weight excluding hydrogens is 581 g/mol. The molecule has 4 N–H and O–H groups in total. The first kappa shape index (κ1) is 29.3. The molecule has 0 radical (unpaired) electrons. The Kier molecular flexibility index (Phi) is 6.89. The predicted octanol–water partition coefficient (Wildman–Crippen LogP) is 11.3. The number of hydrogen-bond acceptors (Lipinski definition) is 2. The Labute approximate surface area is 282 Å². The molecule has 2 nitrogen and oxygen atoms in total. The minimum Gasteiger partial charge on any atom is -0.397 e. The van der Waals surface area contributed by atoms with Gasteiger partial charge in [0.15, 0.2) is 0 Å². The third-order valence-electron chi connectivity index (χ3n) is 10.1. The standard InChI is InChI=1S/C40H28.C6H8N2/c1-4-28-29(5-2)38-33-23-22-26-12-6-7-13-30(26)39(33)40(37(38)24-34(28)27-20-18-25(3)19-21-27)35-16-10-8-14-31(35)32-15-9-11-17-36(32)40;7-5-3-1-2-4-6(5)8/h4-24H,1-2H2,3H3;1-4H,7-8H2.